The average molecular weight is 476 g/mol. The first-order valence-electron chi connectivity index (χ1n) is 8.87. The summed E-state index contributed by atoms with van der Waals surface area (Å²) in [4.78, 5) is 16.5. The van der Waals surface area contributed by atoms with Crippen molar-refractivity contribution in [1.29, 1.82) is 0 Å². The molecule has 1 unspecified atom stereocenters. The number of ether oxygens (including phenoxy) is 1. The van der Waals surface area contributed by atoms with E-state index in [0.717, 1.165) is 23.8 Å². The van der Waals surface area contributed by atoms with Crippen LogP contribution in [0.3, 0.4) is 0 Å². The Hall–Kier alpha value is -1.35. The minimum atomic E-state index is 0. The number of carbonyl (C=O) groups excluding carboxylic acids is 1. The second-order valence-electron chi connectivity index (χ2n) is 6.54. The summed E-state index contributed by atoms with van der Waals surface area (Å²) in [5.74, 6) is 1.14. The smallest absolute Gasteiger partial charge is 0.224 e. The number of methoxy groups -OCH3 is 1. The highest BCUT2D eigenvalue weighted by Gasteiger charge is 2.07. The Balaban J connectivity index is 0.00000625. The summed E-state index contributed by atoms with van der Waals surface area (Å²) < 4.78 is 5.14. The van der Waals surface area contributed by atoms with Gasteiger partial charge >= 0.3 is 0 Å². The maximum absolute atomic E-state index is 11.9. The molecule has 1 rings (SSSR count). The maximum Gasteiger partial charge on any atom is 0.224 e. The monoisotopic (exact) mass is 476 g/mol. The van der Waals surface area contributed by atoms with Crippen LogP contribution in [-0.4, -0.2) is 38.2 Å². The van der Waals surface area contributed by atoms with Gasteiger partial charge in [0.25, 0.3) is 0 Å². The third-order valence-electron chi connectivity index (χ3n) is 3.37. The van der Waals surface area contributed by atoms with E-state index in [1.54, 1.807) is 7.11 Å². The number of aliphatic imine (C=N–C) groups is 1. The molecular formula is C19H33IN4O2. The Morgan fingerprint density at radius 1 is 1.27 bits per heavy atom. The number of guanidine groups is 1. The highest BCUT2D eigenvalue weighted by molar-refractivity contribution is 14.0. The number of rotatable bonds is 9. The molecule has 0 aromatic heterocycles. The zero-order valence-corrected chi connectivity index (χ0v) is 18.8. The van der Waals surface area contributed by atoms with Gasteiger partial charge in [-0.2, -0.15) is 0 Å². The lowest BCUT2D eigenvalue weighted by Gasteiger charge is -2.17. The molecular weight excluding hydrogens is 443 g/mol. The zero-order valence-electron chi connectivity index (χ0n) is 16.5. The number of nitrogens with zero attached hydrogens (tertiary/aromatic N) is 1. The van der Waals surface area contributed by atoms with E-state index in [9.17, 15) is 4.79 Å². The first-order valence-corrected chi connectivity index (χ1v) is 8.87. The fourth-order valence-electron chi connectivity index (χ4n) is 2.35. The van der Waals surface area contributed by atoms with E-state index in [1.165, 1.54) is 0 Å². The number of benzene rings is 1. The van der Waals surface area contributed by atoms with Crippen LogP contribution >= 0.6 is 24.0 Å². The number of amides is 1. The molecule has 1 amide bonds. The van der Waals surface area contributed by atoms with Gasteiger partial charge in [0.2, 0.25) is 5.91 Å². The molecule has 0 aliphatic heterocycles. The molecule has 26 heavy (non-hydrogen) atoms. The molecule has 1 atom stereocenters. The molecule has 0 aliphatic rings. The van der Waals surface area contributed by atoms with E-state index in [2.05, 4.69) is 20.9 Å². The molecule has 0 saturated heterocycles. The van der Waals surface area contributed by atoms with Crippen LogP contribution in [0.4, 0.5) is 5.69 Å². The first kappa shape index (κ1) is 24.7. The topological polar surface area (TPSA) is 74.8 Å². The van der Waals surface area contributed by atoms with E-state index >= 15 is 0 Å². The van der Waals surface area contributed by atoms with Gasteiger partial charge in [0.1, 0.15) is 0 Å². The molecule has 6 nitrogen and oxygen atoms in total. The second-order valence-corrected chi connectivity index (χ2v) is 6.54. The molecule has 148 valence electrons. The van der Waals surface area contributed by atoms with Gasteiger partial charge in [-0.25, -0.2) is 4.99 Å². The Morgan fingerprint density at radius 2 is 2.00 bits per heavy atom. The van der Waals surface area contributed by atoms with Crippen molar-refractivity contribution in [1.82, 2.24) is 10.6 Å². The summed E-state index contributed by atoms with van der Waals surface area (Å²) in [7, 11) is 1.68. The van der Waals surface area contributed by atoms with Crippen molar-refractivity contribution in [3.8, 4) is 0 Å². The van der Waals surface area contributed by atoms with Gasteiger partial charge in [-0.3, -0.25) is 4.79 Å². The molecule has 0 spiro atoms. The van der Waals surface area contributed by atoms with Crippen molar-refractivity contribution in [2.75, 3.05) is 25.6 Å². The summed E-state index contributed by atoms with van der Waals surface area (Å²) in [6, 6.07) is 7.97. The summed E-state index contributed by atoms with van der Waals surface area (Å²) in [6.07, 6.45) is 0.522. The standard InChI is InChI=1S/C19H32N4O2.HI/c1-6-20-19(22-15(4)13-25-5)21-12-16-8-7-9-17(11-16)23-18(24)10-14(2)3;/h7-9,11,14-15H,6,10,12-13H2,1-5H3,(H,23,24)(H2,20,21,22);1H. The SMILES string of the molecule is CCNC(=NCc1cccc(NC(=O)CC(C)C)c1)NC(C)COC.I. The Bertz CT molecular complexity index is 564. The number of anilines is 1. The van der Waals surface area contributed by atoms with Crippen molar-refractivity contribution in [3.05, 3.63) is 29.8 Å². The number of carbonyl (C=O) groups is 1. The fourth-order valence-corrected chi connectivity index (χ4v) is 2.35. The molecule has 0 heterocycles. The predicted molar refractivity (Wildman–Crippen MR) is 119 cm³/mol. The van der Waals surface area contributed by atoms with Crippen LogP contribution < -0.4 is 16.0 Å². The van der Waals surface area contributed by atoms with Crippen molar-refractivity contribution < 1.29 is 9.53 Å². The van der Waals surface area contributed by atoms with Crippen LogP contribution in [0.1, 0.15) is 39.7 Å². The van der Waals surface area contributed by atoms with Crippen molar-refractivity contribution in [2.24, 2.45) is 10.9 Å². The van der Waals surface area contributed by atoms with Gasteiger partial charge in [-0.1, -0.05) is 26.0 Å². The molecule has 0 aliphatic carbocycles. The third-order valence-corrected chi connectivity index (χ3v) is 3.37. The van der Waals surface area contributed by atoms with Gasteiger partial charge in [0.15, 0.2) is 5.96 Å². The van der Waals surface area contributed by atoms with Gasteiger partial charge in [-0.05, 0) is 37.5 Å². The Kier molecular flexibility index (Phi) is 13.1. The number of halogens is 1. The van der Waals surface area contributed by atoms with E-state index in [-0.39, 0.29) is 35.9 Å². The van der Waals surface area contributed by atoms with Crippen LogP contribution in [0.25, 0.3) is 0 Å². The number of nitrogens with one attached hydrogen (secondary N) is 3. The van der Waals surface area contributed by atoms with Crippen molar-refractivity contribution in [2.45, 2.75) is 46.7 Å². The minimum Gasteiger partial charge on any atom is -0.383 e. The van der Waals surface area contributed by atoms with Crippen molar-refractivity contribution >= 4 is 41.5 Å². The van der Waals surface area contributed by atoms with Gasteiger partial charge in [-0.15, -0.1) is 24.0 Å². The molecule has 7 heteroatoms. The summed E-state index contributed by atoms with van der Waals surface area (Å²) in [5, 5.41) is 9.47. The first-order chi connectivity index (χ1) is 11.9. The second kappa shape index (κ2) is 13.8. The largest absolute Gasteiger partial charge is 0.383 e. The summed E-state index contributed by atoms with van der Waals surface area (Å²) in [5.41, 5.74) is 1.85. The van der Waals surface area contributed by atoms with E-state index in [0.29, 0.717) is 25.5 Å². The lowest BCUT2D eigenvalue weighted by Crippen LogP contribution is -2.43. The van der Waals surface area contributed by atoms with Gasteiger partial charge in [0, 0.05) is 31.8 Å². The zero-order chi connectivity index (χ0) is 18.7. The molecule has 1 aromatic rings. The van der Waals surface area contributed by atoms with Crippen LogP contribution in [0.2, 0.25) is 0 Å². The molecule has 3 N–H and O–H groups in total. The minimum absolute atomic E-state index is 0. The molecule has 0 radical (unpaired) electrons. The van der Waals surface area contributed by atoms with Crippen LogP contribution in [-0.2, 0) is 16.1 Å². The van der Waals surface area contributed by atoms with Crippen LogP contribution in [0.5, 0.6) is 0 Å². The third kappa shape index (κ3) is 10.6. The molecule has 1 aromatic carbocycles. The lowest BCUT2D eigenvalue weighted by molar-refractivity contribution is -0.116. The van der Waals surface area contributed by atoms with Crippen LogP contribution in [0.15, 0.2) is 29.3 Å². The quantitative estimate of drug-likeness (QED) is 0.290. The van der Waals surface area contributed by atoms with Crippen molar-refractivity contribution in [3.63, 3.8) is 0 Å². The maximum atomic E-state index is 11.9. The molecule has 0 fully saturated rings. The average Bonchev–Trinajstić information content (AvgIpc) is 2.52. The summed E-state index contributed by atoms with van der Waals surface area (Å²) in [6.45, 7) is 10.1. The summed E-state index contributed by atoms with van der Waals surface area (Å²) >= 11 is 0. The Morgan fingerprint density at radius 3 is 2.62 bits per heavy atom. The fraction of sp³-hybridized carbons (Fsp3) is 0.579. The van der Waals surface area contributed by atoms with Gasteiger partial charge in [0.05, 0.1) is 13.2 Å². The van der Waals surface area contributed by atoms with Crippen LogP contribution in [0, 0.1) is 5.92 Å². The number of hydrogen-bond donors (Lipinski definition) is 3. The highest BCUT2D eigenvalue weighted by atomic mass is 127. The Labute approximate surface area is 174 Å². The lowest BCUT2D eigenvalue weighted by atomic mass is 10.1. The van der Waals surface area contributed by atoms with E-state index < -0.39 is 0 Å². The van der Waals surface area contributed by atoms with E-state index in [1.807, 2.05) is 52.0 Å². The molecule has 0 bridgehead atoms. The van der Waals surface area contributed by atoms with Gasteiger partial charge < -0.3 is 20.7 Å². The normalized spacial score (nSPS) is 12.3. The van der Waals surface area contributed by atoms with E-state index in [4.69, 9.17) is 4.74 Å². The predicted octanol–water partition coefficient (Wildman–Crippen LogP) is 3.38. The number of hydrogen-bond acceptors (Lipinski definition) is 3. The molecule has 0 saturated carbocycles. The highest BCUT2D eigenvalue weighted by Crippen LogP contribution is 2.13.